The summed E-state index contributed by atoms with van der Waals surface area (Å²) in [5.41, 5.74) is 0.999. The van der Waals surface area contributed by atoms with Crippen LogP contribution in [0, 0.1) is 0 Å². The first-order valence-corrected chi connectivity index (χ1v) is 4.62. The van der Waals surface area contributed by atoms with Crippen LogP contribution in [0.5, 0.6) is 0 Å². The Bertz CT molecular complexity index is 225. The van der Waals surface area contributed by atoms with Gasteiger partial charge in [0.25, 0.3) is 0 Å². The molecule has 1 aliphatic carbocycles. The van der Waals surface area contributed by atoms with Crippen molar-refractivity contribution in [3.63, 3.8) is 0 Å². The Balaban J connectivity index is 2.18. The van der Waals surface area contributed by atoms with Crippen LogP contribution in [0.3, 0.4) is 0 Å². The summed E-state index contributed by atoms with van der Waals surface area (Å²) >= 11 is 0. The zero-order chi connectivity index (χ0) is 8.39. The fraction of sp³-hybridized carbons (Fsp3) is 0.667. The van der Waals surface area contributed by atoms with Crippen molar-refractivity contribution in [3.8, 4) is 0 Å². The van der Waals surface area contributed by atoms with Gasteiger partial charge in [-0.2, -0.15) is 0 Å². The first-order valence-electron chi connectivity index (χ1n) is 4.62. The first kappa shape index (κ1) is 7.65. The van der Waals surface area contributed by atoms with Crippen LogP contribution in [0.15, 0.2) is 11.4 Å². The van der Waals surface area contributed by atoms with Crippen LogP contribution in [0.1, 0.15) is 25.7 Å². The smallest absolute Gasteiger partial charge is 0.162 e. The zero-order valence-corrected chi connectivity index (χ0v) is 7.15. The van der Waals surface area contributed by atoms with Crippen LogP contribution in [-0.4, -0.2) is 18.9 Å². The maximum absolute atomic E-state index is 11.4. The van der Waals surface area contributed by atoms with Crippen LogP contribution in [0.2, 0.25) is 0 Å². The summed E-state index contributed by atoms with van der Waals surface area (Å²) in [7, 11) is 0. The molecule has 0 bridgehead atoms. The normalized spacial score (nSPS) is 23.8. The molecule has 0 atom stereocenters. The number of Topliss-reactive ketones (excluding diaryl/α,β-unsaturated/α-hetero) is 1. The minimum absolute atomic E-state index is 0.332. The number of ketones is 1. The van der Waals surface area contributed by atoms with Gasteiger partial charge < -0.3 is 10.6 Å². The minimum atomic E-state index is 0.332. The summed E-state index contributed by atoms with van der Waals surface area (Å²) in [5.74, 6) is 1.33. The molecule has 1 saturated carbocycles. The number of hydrogen-bond acceptors (Lipinski definition) is 3. The number of carbonyl (C=O) groups excluding carboxylic acids is 1. The molecule has 1 aliphatic heterocycles. The summed E-state index contributed by atoms with van der Waals surface area (Å²) in [6, 6.07) is 0. The highest BCUT2D eigenvalue weighted by Crippen LogP contribution is 2.21. The summed E-state index contributed by atoms with van der Waals surface area (Å²) in [6.07, 6.45) is 3.92. The molecule has 1 heterocycles. The van der Waals surface area contributed by atoms with E-state index < -0.39 is 0 Å². The average molecular weight is 166 g/mol. The van der Waals surface area contributed by atoms with E-state index in [4.69, 9.17) is 0 Å². The third-order valence-corrected chi connectivity index (χ3v) is 2.45. The van der Waals surface area contributed by atoms with E-state index >= 15 is 0 Å². The molecule has 0 unspecified atom stereocenters. The second kappa shape index (κ2) is 3.17. The molecule has 66 valence electrons. The predicted molar refractivity (Wildman–Crippen MR) is 46.5 cm³/mol. The van der Waals surface area contributed by atoms with E-state index in [2.05, 4.69) is 10.6 Å². The van der Waals surface area contributed by atoms with Gasteiger partial charge in [0, 0.05) is 25.1 Å². The Kier molecular flexibility index (Phi) is 2.02. The number of nitrogens with one attached hydrogen (secondary N) is 2. The number of hydrogen-bond donors (Lipinski definition) is 2. The van der Waals surface area contributed by atoms with Gasteiger partial charge >= 0.3 is 0 Å². The van der Waals surface area contributed by atoms with Crippen molar-refractivity contribution in [2.24, 2.45) is 0 Å². The lowest BCUT2D eigenvalue weighted by Gasteiger charge is -2.15. The highest BCUT2D eigenvalue weighted by molar-refractivity contribution is 5.96. The topological polar surface area (TPSA) is 41.1 Å². The second-order valence-electron chi connectivity index (χ2n) is 3.34. The zero-order valence-electron chi connectivity index (χ0n) is 7.15. The van der Waals surface area contributed by atoms with Crippen LogP contribution in [0.25, 0.3) is 0 Å². The van der Waals surface area contributed by atoms with E-state index in [9.17, 15) is 4.79 Å². The Morgan fingerprint density at radius 3 is 2.33 bits per heavy atom. The van der Waals surface area contributed by atoms with Crippen molar-refractivity contribution in [3.05, 3.63) is 11.4 Å². The van der Waals surface area contributed by atoms with E-state index in [-0.39, 0.29) is 0 Å². The largest absolute Gasteiger partial charge is 0.370 e. The molecular weight excluding hydrogens is 152 g/mol. The van der Waals surface area contributed by atoms with Crippen LogP contribution >= 0.6 is 0 Å². The molecule has 3 nitrogen and oxygen atoms in total. The first-order chi connectivity index (χ1) is 5.88. The van der Waals surface area contributed by atoms with Gasteiger partial charge in [-0.15, -0.1) is 0 Å². The summed E-state index contributed by atoms with van der Waals surface area (Å²) < 4.78 is 0. The summed E-state index contributed by atoms with van der Waals surface area (Å²) in [4.78, 5) is 11.4. The molecule has 2 rings (SSSR count). The lowest BCUT2D eigenvalue weighted by molar-refractivity contribution is -0.116. The molecule has 0 spiro atoms. The Morgan fingerprint density at radius 1 is 1.00 bits per heavy atom. The highest BCUT2D eigenvalue weighted by atomic mass is 16.1. The van der Waals surface area contributed by atoms with Crippen LogP contribution in [-0.2, 0) is 4.79 Å². The van der Waals surface area contributed by atoms with E-state index in [0.29, 0.717) is 5.78 Å². The monoisotopic (exact) mass is 166 g/mol. The molecule has 0 radical (unpaired) electrons. The molecule has 0 aromatic rings. The van der Waals surface area contributed by atoms with E-state index in [1.165, 1.54) is 0 Å². The van der Waals surface area contributed by atoms with Gasteiger partial charge in [-0.1, -0.05) is 0 Å². The van der Waals surface area contributed by atoms with Gasteiger partial charge in [0.1, 0.15) is 5.82 Å². The van der Waals surface area contributed by atoms with Gasteiger partial charge in [0.15, 0.2) is 5.78 Å². The van der Waals surface area contributed by atoms with Crippen molar-refractivity contribution >= 4 is 5.78 Å². The molecule has 2 aliphatic rings. The van der Waals surface area contributed by atoms with Crippen molar-refractivity contribution in [2.75, 3.05) is 13.1 Å². The van der Waals surface area contributed by atoms with E-state index in [0.717, 1.165) is 50.2 Å². The Morgan fingerprint density at radius 2 is 1.67 bits per heavy atom. The quantitative estimate of drug-likeness (QED) is 0.516. The van der Waals surface area contributed by atoms with Gasteiger partial charge in [-0.3, -0.25) is 4.79 Å². The van der Waals surface area contributed by atoms with Crippen LogP contribution in [0.4, 0.5) is 0 Å². The SMILES string of the molecule is O=C1CCCCC1=C1NCCN1. The lowest BCUT2D eigenvalue weighted by atomic mass is 9.93. The fourth-order valence-electron chi connectivity index (χ4n) is 1.79. The standard InChI is InChI=1S/C9H14N2O/c12-8-4-2-1-3-7(8)9-10-5-6-11-9/h10-11H,1-6H2. The number of rotatable bonds is 0. The molecule has 2 N–H and O–H groups in total. The van der Waals surface area contributed by atoms with Gasteiger partial charge in [-0.25, -0.2) is 0 Å². The second-order valence-corrected chi connectivity index (χ2v) is 3.34. The molecule has 0 amide bonds. The number of allylic oxidation sites excluding steroid dienone is 1. The molecule has 0 aromatic heterocycles. The van der Waals surface area contributed by atoms with Crippen LogP contribution < -0.4 is 10.6 Å². The van der Waals surface area contributed by atoms with Crippen molar-refractivity contribution in [1.29, 1.82) is 0 Å². The molecule has 12 heavy (non-hydrogen) atoms. The number of carbonyl (C=O) groups is 1. The third kappa shape index (κ3) is 1.31. The highest BCUT2D eigenvalue weighted by Gasteiger charge is 2.20. The minimum Gasteiger partial charge on any atom is -0.370 e. The fourth-order valence-corrected chi connectivity index (χ4v) is 1.79. The molecular formula is C9H14N2O. The third-order valence-electron chi connectivity index (χ3n) is 2.45. The van der Waals surface area contributed by atoms with E-state index in [1.807, 2.05) is 0 Å². The maximum atomic E-state index is 11.4. The average Bonchev–Trinajstić information content (AvgIpc) is 2.57. The predicted octanol–water partition coefficient (Wildman–Crippen LogP) is 0.534. The van der Waals surface area contributed by atoms with E-state index in [1.54, 1.807) is 0 Å². The van der Waals surface area contributed by atoms with Gasteiger partial charge in [0.05, 0.1) is 0 Å². The van der Waals surface area contributed by atoms with Crippen molar-refractivity contribution in [2.45, 2.75) is 25.7 Å². The maximum Gasteiger partial charge on any atom is 0.162 e. The molecule has 2 fully saturated rings. The van der Waals surface area contributed by atoms with Gasteiger partial charge in [0.2, 0.25) is 0 Å². The van der Waals surface area contributed by atoms with Crippen molar-refractivity contribution in [1.82, 2.24) is 10.6 Å². The summed E-state index contributed by atoms with van der Waals surface area (Å²) in [5, 5.41) is 6.41. The van der Waals surface area contributed by atoms with Crippen molar-refractivity contribution < 1.29 is 4.79 Å². The summed E-state index contributed by atoms with van der Waals surface area (Å²) in [6.45, 7) is 1.90. The molecule has 1 saturated heterocycles. The van der Waals surface area contributed by atoms with Gasteiger partial charge in [-0.05, 0) is 19.3 Å². The Hall–Kier alpha value is -0.990. The molecule has 3 heteroatoms. The molecule has 0 aromatic carbocycles. The Labute approximate surface area is 72.2 Å². The lowest BCUT2D eigenvalue weighted by Crippen LogP contribution is -2.20.